The Bertz CT molecular complexity index is 395. The van der Waals surface area contributed by atoms with Gasteiger partial charge in [-0.2, -0.15) is 0 Å². The van der Waals surface area contributed by atoms with Gasteiger partial charge in [0, 0.05) is 13.5 Å². The number of carbonyl (C=O) groups excluding carboxylic acids is 1. The van der Waals surface area contributed by atoms with Gasteiger partial charge in [0.15, 0.2) is 0 Å². The summed E-state index contributed by atoms with van der Waals surface area (Å²) < 4.78 is 5.50. The van der Waals surface area contributed by atoms with Crippen LogP contribution in [0.1, 0.15) is 50.5 Å². The monoisotopic (exact) mass is 280 g/mol. The second-order valence-electron chi connectivity index (χ2n) is 5.53. The third-order valence-electron chi connectivity index (χ3n) is 3.65. The zero-order valence-electron chi connectivity index (χ0n) is 13.0. The van der Waals surface area contributed by atoms with Crippen LogP contribution < -0.4 is 5.73 Å². The first-order valence-electron chi connectivity index (χ1n) is 7.56. The van der Waals surface area contributed by atoms with Crippen molar-refractivity contribution in [1.82, 2.24) is 4.90 Å². The number of rotatable bonds is 9. The van der Waals surface area contributed by atoms with Gasteiger partial charge in [-0.3, -0.25) is 4.79 Å². The fourth-order valence-corrected chi connectivity index (χ4v) is 2.49. The summed E-state index contributed by atoms with van der Waals surface area (Å²) in [7, 11) is 1.83. The van der Waals surface area contributed by atoms with E-state index < -0.39 is 0 Å². The molecule has 0 aliphatic carbocycles. The molecule has 0 aliphatic rings. The highest BCUT2D eigenvalue weighted by Crippen LogP contribution is 2.18. The minimum Gasteiger partial charge on any atom is -0.464 e. The van der Waals surface area contributed by atoms with Gasteiger partial charge in [0.2, 0.25) is 5.91 Å². The lowest BCUT2D eigenvalue weighted by molar-refractivity contribution is -0.131. The van der Waals surface area contributed by atoms with Crippen LogP contribution >= 0.6 is 0 Å². The molecule has 1 unspecified atom stereocenters. The Kier molecular flexibility index (Phi) is 7.37. The van der Waals surface area contributed by atoms with E-state index in [1.807, 2.05) is 26.1 Å². The van der Waals surface area contributed by atoms with Crippen molar-refractivity contribution in [2.45, 2.75) is 52.5 Å². The Morgan fingerprint density at radius 1 is 1.35 bits per heavy atom. The molecule has 1 aromatic rings. The van der Waals surface area contributed by atoms with E-state index in [2.05, 4.69) is 6.92 Å². The molecule has 20 heavy (non-hydrogen) atoms. The van der Waals surface area contributed by atoms with E-state index in [1.165, 1.54) is 0 Å². The van der Waals surface area contributed by atoms with Crippen LogP contribution in [0.2, 0.25) is 0 Å². The van der Waals surface area contributed by atoms with Crippen molar-refractivity contribution in [2.24, 2.45) is 11.7 Å². The first-order chi connectivity index (χ1) is 9.56. The number of carbonyl (C=O) groups is 1. The molecular weight excluding hydrogens is 252 g/mol. The Morgan fingerprint density at radius 3 is 2.65 bits per heavy atom. The Morgan fingerprint density at radius 2 is 2.10 bits per heavy atom. The van der Waals surface area contributed by atoms with Crippen molar-refractivity contribution in [1.29, 1.82) is 0 Å². The van der Waals surface area contributed by atoms with Crippen molar-refractivity contribution in [3.05, 3.63) is 23.7 Å². The largest absolute Gasteiger partial charge is 0.464 e. The molecule has 0 spiro atoms. The quantitative estimate of drug-likeness (QED) is 0.756. The van der Waals surface area contributed by atoms with Crippen molar-refractivity contribution >= 4 is 5.91 Å². The normalized spacial score (nSPS) is 12.4. The molecule has 4 heteroatoms. The standard InChI is InChI=1S/C16H28N2O2/c1-4-5-14(10-11-17)7-9-16(19)18(3)12-15-8-6-13(2)20-15/h6,8,14H,4-5,7,9-12,17H2,1-3H3. The lowest BCUT2D eigenvalue weighted by Crippen LogP contribution is -2.26. The highest BCUT2D eigenvalue weighted by atomic mass is 16.3. The van der Waals surface area contributed by atoms with Gasteiger partial charge in [0.05, 0.1) is 6.54 Å². The van der Waals surface area contributed by atoms with Gasteiger partial charge in [-0.1, -0.05) is 19.8 Å². The first-order valence-corrected chi connectivity index (χ1v) is 7.56. The number of nitrogens with zero attached hydrogens (tertiary/aromatic N) is 1. The maximum atomic E-state index is 12.1. The molecule has 1 aromatic heterocycles. The molecule has 1 amide bonds. The van der Waals surface area contributed by atoms with E-state index in [4.69, 9.17) is 10.2 Å². The molecule has 0 fully saturated rings. The topological polar surface area (TPSA) is 59.5 Å². The maximum Gasteiger partial charge on any atom is 0.222 e. The lowest BCUT2D eigenvalue weighted by atomic mass is 9.94. The summed E-state index contributed by atoms with van der Waals surface area (Å²) in [5.74, 6) is 2.47. The zero-order chi connectivity index (χ0) is 15.0. The van der Waals surface area contributed by atoms with Crippen LogP contribution in [0.15, 0.2) is 16.5 Å². The molecule has 1 rings (SSSR count). The van der Waals surface area contributed by atoms with Gasteiger partial charge in [-0.15, -0.1) is 0 Å². The van der Waals surface area contributed by atoms with E-state index in [1.54, 1.807) is 4.90 Å². The minimum absolute atomic E-state index is 0.178. The fourth-order valence-electron chi connectivity index (χ4n) is 2.49. The van der Waals surface area contributed by atoms with Gasteiger partial charge in [0.25, 0.3) is 0 Å². The van der Waals surface area contributed by atoms with E-state index in [-0.39, 0.29) is 5.91 Å². The van der Waals surface area contributed by atoms with Crippen LogP contribution in [0.5, 0.6) is 0 Å². The summed E-state index contributed by atoms with van der Waals surface area (Å²) in [6, 6.07) is 3.85. The Hall–Kier alpha value is -1.29. The van der Waals surface area contributed by atoms with Gasteiger partial charge in [-0.25, -0.2) is 0 Å². The van der Waals surface area contributed by atoms with Gasteiger partial charge >= 0.3 is 0 Å². The summed E-state index contributed by atoms with van der Waals surface area (Å²) in [6.45, 7) is 5.34. The van der Waals surface area contributed by atoms with Crippen LogP contribution in [0.25, 0.3) is 0 Å². The van der Waals surface area contributed by atoms with Crippen LogP contribution in [-0.2, 0) is 11.3 Å². The Balaban J connectivity index is 2.36. The lowest BCUT2D eigenvalue weighted by Gasteiger charge is -2.19. The predicted octanol–water partition coefficient (Wildman–Crippen LogP) is 3.09. The molecular formula is C16H28N2O2. The maximum absolute atomic E-state index is 12.1. The van der Waals surface area contributed by atoms with Crippen LogP contribution in [0.3, 0.4) is 0 Å². The summed E-state index contributed by atoms with van der Waals surface area (Å²) in [4.78, 5) is 13.9. The third kappa shape index (κ3) is 5.78. The smallest absolute Gasteiger partial charge is 0.222 e. The van der Waals surface area contributed by atoms with Crippen LogP contribution in [-0.4, -0.2) is 24.4 Å². The molecule has 1 heterocycles. The Labute approximate surface area is 122 Å². The molecule has 0 saturated heterocycles. The highest BCUT2D eigenvalue weighted by Gasteiger charge is 2.14. The van der Waals surface area contributed by atoms with Gasteiger partial charge < -0.3 is 15.1 Å². The predicted molar refractivity (Wildman–Crippen MR) is 81.2 cm³/mol. The van der Waals surface area contributed by atoms with Crippen molar-refractivity contribution in [3.8, 4) is 0 Å². The van der Waals surface area contributed by atoms with E-state index in [0.717, 1.165) is 37.2 Å². The van der Waals surface area contributed by atoms with E-state index in [0.29, 0.717) is 25.4 Å². The molecule has 0 bridgehead atoms. The number of amides is 1. The summed E-state index contributed by atoms with van der Waals surface area (Å²) in [5.41, 5.74) is 5.62. The molecule has 1 atom stereocenters. The van der Waals surface area contributed by atoms with Crippen LogP contribution in [0.4, 0.5) is 0 Å². The number of hydrogen-bond donors (Lipinski definition) is 1. The summed E-state index contributed by atoms with van der Waals surface area (Å²) in [6.07, 6.45) is 4.86. The van der Waals surface area contributed by atoms with E-state index >= 15 is 0 Å². The zero-order valence-corrected chi connectivity index (χ0v) is 13.0. The van der Waals surface area contributed by atoms with E-state index in [9.17, 15) is 4.79 Å². The van der Waals surface area contributed by atoms with Crippen LogP contribution in [0, 0.1) is 12.8 Å². The minimum atomic E-state index is 0.178. The van der Waals surface area contributed by atoms with Crippen molar-refractivity contribution in [3.63, 3.8) is 0 Å². The van der Waals surface area contributed by atoms with Gasteiger partial charge in [-0.05, 0) is 44.4 Å². The van der Waals surface area contributed by atoms with Gasteiger partial charge in [0.1, 0.15) is 11.5 Å². The fraction of sp³-hybridized carbons (Fsp3) is 0.688. The average molecular weight is 280 g/mol. The summed E-state index contributed by atoms with van der Waals surface area (Å²) in [5, 5.41) is 0. The number of furan rings is 1. The SMILES string of the molecule is CCCC(CCN)CCC(=O)N(C)Cc1ccc(C)o1. The molecule has 0 aromatic carbocycles. The molecule has 2 N–H and O–H groups in total. The molecule has 0 radical (unpaired) electrons. The molecule has 4 nitrogen and oxygen atoms in total. The second-order valence-corrected chi connectivity index (χ2v) is 5.53. The number of hydrogen-bond acceptors (Lipinski definition) is 3. The highest BCUT2D eigenvalue weighted by molar-refractivity contribution is 5.75. The second kappa shape index (κ2) is 8.80. The number of aryl methyl sites for hydroxylation is 1. The van der Waals surface area contributed by atoms with Crippen molar-refractivity contribution < 1.29 is 9.21 Å². The first kappa shape index (κ1) is 16.8. The molecule has 0 aliphatic heterocycles. The molecule has 0 saturated carbocycles. The summed E-state index contributed by atoms with van der Waals surface area (Å²) >= 11 is 0. The van der Waals surface area contributed by atoms with Crippen molar-refractivity contribution in [2.75, 3.05) is 13.6 Å². The average Bonchev–Trinajstić information content (AvgIpc) is 2.81. The third-order valence-corrected chi connectivity index (χ3v) is 3.65. The molecule has 114 valence electrons. The number of nitrogens with two attached hydrogens (primary N) is 1.